The van der Waals surface area contributed by atoms with E-state index >= 15 is 0 Å². The van der Waals surface area contributed by atoms with Gasteiger partial charge in [0.25, 0.3) is 0 Å². The minimum atomic E-state index is -2.19. The molecule has 104 valence electrons. The van der Waals surface area contributed by atoms with Gasteiger partial charge in [0.15, 0.2) is 0 Å². The van der Waals surface area contributed by atoms with E-state index in [2.05, 4.69) is 14.3 Å². The lowest BCUT2D eigenvalue weighted by atomic mass is 10.2. The Morgan fingerprint density at radius 2 is 2.05 bits per heavy atom. The van der Waals surface area contributed by atoms with Gasteiger partial charge in [-0.05, 0) is 12.1 Å². The second-order valence-corrected chi connectivity index (χ2v) is 8.57. The van der Waals surface area contributed by atoms with Crippen LogP contribution in [-0.2, 0) is 15.5 Å². The Morgan fingerprint density at radius 1 is 1.25 bits per heavy atom. The third kappa shape index (κ3) is 2.79. The first-order valence-corrected chi connectivity index (χ1v) is 9.28. The van der Waals surface area contributed by atoms with Crippen LogP contribution in [0.25, 0.3) is 0 Å². The van der Waals surface area contributed by atoms with Crippen molar-refractivity contribution in [2.75, 3.05) is 6.26 Å². The zero-order valence-electron chi connectivity index (χ0n) is 10.3. The minimum absolute atomic E-state index is 0.346. The molecule has 2 aromatic rings. The molecule has 0 aliphatic carbocycles. The number of hydrogen-bond acceptors (Lipinski definition) is 5. The van der Waals surface area contributed by atoms with Gasteiger partial charge in [0.1, 0.15) is 10.2 Å². The first kappa shape index (κ1) is 14.1. The van der Waals surface area contributed by atoms with Gasteiger partial charge in [0.05, 0.1) is 38.6 Å². The van der Waals surface area contributed by atoms with Gasteiger partial charge in [0.2, 0.25) is 0 Å². The van der Waals surface area contributed by atoms with Crippen molar-refractivity contribution in [2.24, 2.45) is 4.36 Å². The molecule has 0 N–H and O–H groups in total. The average molecular weight is 346 g/mol. The maximum absolute atomic E-state index is 12.0. The third-order valence-corrected chi connectivity index (χ3v) is 5.82. The molecule has 0 fully saturated rings. The number of benzene rings is 1. The first-order valence-electron chi connectivity index (χ1n) is 5.61. The molecule has 0 saturated carbocycles. The van der Waals surface area contributed by atoms with E-state index in [0.29, 0.717) is 26.6 Å². The predicted octanol–water partition coefficient (Wildman–Crippen LogP) is 4.18. The zero-order valence-corrected chi connectivity index (χ0v) is 13.5. The maximum atomic E-state index is 12.0. The molecule has 1 unspecified atom stereocenters. The van der Waals surface area contributed by atoms with E-state index < -0.39 is 9.73 Å². The minimum Gasteiger partial charge on any atom is -0.249 e. The van der Waals surface area contributed by atoms with Crippen molar-refractivity contribution in [2.45, 2.75) is 15.7 Å². The van der Waals surface area contributed by atoms with Gasteiger partial charge in [0, 0.05) is 16.7 Å². The predicted molar refractivity (Wildman–Crippen MR) is 82.5 cm³/mol. The Morgan fingerprint density at radius 3 is 2.75 bits per heavy atom. The summed E-state index contributed by atoms with van der Waals surface area (Å²) in [4.78, 5) is 8.98. The van der Waals surface area contributed by atoms with Crippen molar-refractivity contribution < 1.29 is 4.21 Å². The van der Waals surface area contributed by atoms with Gasteiger partial charge in [-0.15, -0.1) is 0 Å². The SMILES string of the molecule is CS1(=O)=Nc2ccc(Sc3cnc(Cl)cn3)c(Cl)c2C1. The van der Waals surface area contributed by atoms with Gasteiger partial charge >= 0.3 is 0 Å². The molecule has 4 nitrogen and oxygen atoms in total. The van der Waals surface area contributed by atoms with Crippen LogP contribution in [0.1, 0.15) is 5.56 Å². The summed E-state index contributed by atoms with van der Waals surface area (Å²) >= 11 is 13.5. The second kappa shape index (κ2) is 5.18. The molecule has 1 atom stereocenters. The van der Waals surface area contributed by atoms with Gasteiger partial charge in [-0.3, -0.25) is 0 Å². The Balaban J connectivity index is 1.95. The topological polar surface area (TPSA) is 55.2 Å². The Hall–Kier alpha value is -0.820. The molecule has 1 aromatic carbocycles. The smallest absolute Gasteiger partial charge is 0.147 e. The van der Waals surface area contributed by atoms with Crippen molar-refractivity contribution in [1.29, 1.82) is 0 Å². The van der Waals surface area contributed by atoms with E-state index in [9.17, 15) is 4.21 Å². The molecule has 0 bridgehead atoms. The van der Waals surface area contributed by atoms with E-state index in [1.807, 2.05) is 12.1 Å². The van der Waals surface area contributed by atoms with Crippen LogP contribution in [0.3, 0.4) is 0 Å². The molecule has 2 heterocycles. The Kier molecular flexibility index (Phi) is 3.66. The molecule has 0 saturated heterocycles. The van der Waals surface area contributed by atoms with Crippen LogP contribution >= 0.6 is 35.0 Å². The summed E-state index contributed by atoms with van der Waals surface area (Å²) in [7, 11) is -2.19. The highest BCUT2D eigenvalue weighted by Crippen LogP contribution is 2.42. The number of fused-ring (bicyclic) bond motifs is 1. The summed E-state index contributed by atoms with van der Waals surface area (Å²) < 4.78 is 16.2. The summed E-state index contributed by atoms with van der Waals surface area (Å²) in [5.41, 5.74) is 1.56. The van der Waals surface area contributed by atoms with Crippen LogP contribution in [0.4, 0.5) is 5.69 Å². The average Bonchev–Trinajstić information content (AvgIpc) is 2.71. The quantitative estimate of drug-likeness (QED) is 0.819. The molecular formula is C12H9Cl2N3OS2. The molecule has 3 rings (SSSR count). The van der Waals surface area contributed by atoms with Crippen molar-refractivity contribution in [1.82, 2.24) is 9.97 Å². The molecule has 1 aliphatic heterocycles. The van der Waals surface area contributed by atoms with E-state index in [1.54, 1.807) is 12.5 Å². The van der Waals surface area contributed by atoms with Crippen molar-refractivity contribution in [3.8, 4) is 0 Å². The highest BCUT2D eigenvalue weighted by molar-refractivity contribution is 7.99. The van der Waals surface area contributed by atoms with Crippen LogP contribution in [-0.4, -0.2) is 20.4 Å². The van der Waals surface area contributed by atoms with Gasteiger partial charge in [-0.25, -0.2) is 14.2 Å². The second-order valence-electron chi connectivity index (χ2n) is 4.35. The number of rotatable bonds is 2. The Bertz CT molecular complexity index is 799. The van der Waals surface area contributed by atoms with Crippen molar-refractivity contribution in [3.05, 3.63) is 40.3 Å². The lowest BCUT2D eigenvalue weighted by molar-refractivity contribution is 0.682. The molecule has 0 amide bonds. The Labute approximate surface area is 131 Å². The first-order chi connectivity index (χ1) is 9.44. The van der Waals surface area contributed by atoms with Crippen LogP contribution in [0.15, 0.2) is 38.8 Å². The van der Waals surface area contributed by atoms with Gasteiger partial charge in [-0.1, -0.05) is 35.0 Å². The summed E-state index contributed by atoms with van der Waals surface area (Å²) in [6.07, 6.45) is 4.71. The van der Waals surface area contributed by atoms with Gasteiger partial charge in [-0.2, -0.15) is 4.36 Å². The fourth-order valence-corrected chi connectivity index (χ4v) is 4.65. The monoisotopic (exact) mass is 345 g/mol. The molecular weight excluding hydrogens is 337 g/mol. The van der Waals surface area contributed by atoms with E-state index in [1.165, 1.54) is 18.0 Å². The van der Waals surface area contributed by atoms with E-state index in [4.69, 9.17) is 23.2 Å². The molecule has 8 heteroatoms. The fraction of sp³-hybridized carbons (Fsp3) is 0.167. The van der Waals surface area contributed by atoms with Crippen molar-refractivity contribution >= 4 is 50.4 Å². The number of aromatic nitrogens is 2. The summed E-state index contributed by atoms with van der Waals surface area (Å²) in [6.45, 7) is 0. The molecule has 0 spiro atoms. The zero-order chi connectivity index (χ0) is 14.3. The van der Waals surface area contributed by atoms with Crippen LogP contribution in [0.2, 0.25) is 10.2 Å². The summed E-state index contributed by atoms with van der Waals surface area (Å²) in [5.74, 6) is 0.391. The largest absolute Gasteiger partial charge is 0.249 e. The van der Waals surface area contributed by atoms with Crippen LogP contribution < -0.4 is 0 Å². The number of nitrogens with zero attached hydrogens (tertiary/aromatic N) is 3. The van der Waals surface area contributed by atoms with E-state index in [-0.39, 0.29) is 0 Å². The normalized spacial score (nSPS) is 20.6. The van der Waals surface area contributed by atoms with Crippen LogP contribution in [0, 0.1) is 0 Å². The summed E-state index contributed by atoms with van der Waals surface area (Å²) in [5, 5.41) is 1.63. The molecule has 0 radical (unpaired) electrons. The number of hydrogen-bond donors (Lipinski definition) is 0. The molecule has 1 aromatic heterocycles. The summed E-state index contributed by atoms with van der Waals surface area (Å²) in [6, 6.07) is 3.69. The lowest BCUT2D eigenvalue weighted by Crippen LogP contribution is -1.94. The third-order valence-electron chi connectivity index (χ3n) is 2.70. The lowest BCUT2D eigenvalue weighted by Gasteiger charge is -2.07. The van der Waals surface area contributed by atoms with E-state index in [0.717, 1.165) is 10.5 Å². The fourth-order valence-electron chi connectivity index (χ4n) is 1.87. The highest BCUT2D eigenvalue weighted by Gasteiger charge is 2.22. The van der Waals surface area contributed by atoms with Crippen molar-refractivity contribution in [3.63, 3.8) is 0 Å². The highest BCUT2D eigenvalue weighted by atomic mass is 35.5. The van der Waals surface area contributed by atoms with Gasteiger partial charge < -0.3 is 0 Å². The van der Waals surface area contributed by atoms with Crippen LogP contribution in [0.5, 0.6) is 0 Å². The maximum Gasteiger partial charge on any atom is 0.147 e. The number of halogens is 2. The molecule has 20 heavy (non-hydrogen) atoms. The standard InChI is InChI=1S/C12H9Cl2N3OS2/c1-20(18)6-7-8(17-20)2-3-9(12(7)14)19-11-5-15-10(13)4-16-11/h2-5H,6H2,1H3. The molecule has 1 aliphatic rings.